The molecule has 1 amide bonds. The average Bonchev–Trinajstić information content (AvgIpc) is 2.67. The van der Waals surface area contributed by atoms with Crippen LogP contribution in [-0.4, -0.2) is 40.1 Å². The molecule has 162 valence electrons. The van der Waals surface area contributed by atoms with Crippen LogP contribution in [0.5, 0.6) is 5.75 Å². The lowest BCUT2D eigenvalue weighted by Crippen LogP contribution is -2.30. The van der Waals surface area contributed by atoms with Gasteiger partial charge >= 0.3 is 5.97 Å². The molecule has 30 heavy (non-hydrogen) atoms. The maximum absolute atomic E-state index is 12.5. The number of sulfonamides is 1. The number of hydrogen-bond acceptors (Lipinski definition) is 6. The SMILES string of the molecule is COc1ccc(C(=O)OCC(=O)Nc2ccc(C)c(Cl)c2)cc1S(=O)(=O)NC(C)C. The van der Waals surface area contributed by atoms with E-state index in [1.54, 1.807) is 32.0 Å². The van der Waals surface area contributed by atoms with Crippen LogP contribution in [-0.2, 0) is 19.6 Å². The van der Waals surface area contributed by atoms with Crippen molar-refractivity contribution in [3.8, 4) is 5.75 Å². The second-order valence-electron chi connectivity index (χ2n) is 6.73. The Morgan fingerprint density at radius 2 is 1.83 bits per heavy atom. The van der Waals surface area contributed by atoms with E-state index in [2.05, 4.69) is 10.0 Å². The molecule has 0 saturated carbocycles. The molecular formula is C20H23ClN2O6S. The van der Waals surface area contributed by atoms with E-state index < -0.39 is 28.5 Å². The highest BCUT2D eigenvalue weighted by Crippen LogP contribution is 2.25. The number of halogens is 1. The Bertz CT molecular complexity index is 1050. The summed E-state index contributed by atoms with van der Waals surface area (Å²) in [6.45, 7) is 4.61. The second kappa shape index (κ2) is 9.92. The van der Waals surface area contributed by atoms with Crippen LogP contribution in [0.25, 0.3) is 0 Å². The van der Waals surface area contributed by atoms with Crippen molar-refractivity contribution in [2.24, 2.45) is 0 Å². The van der Waals surface area contributed by atoms with Gasteiger partial charge in [0.15, 0.2) is 6.61 Å². The largest absolute Gasteiger partial charge is 0.495 e. The Hall–Kier alpha value is -2.62. The number of carbonyl (C=O) groups is 2. The van der Waals surface area contributed by atoms with Gasteiger partial charge in [0.1, 0.15) is 10.6 Å². The van der Waals surface area contributed by atoms with Crippen LogP contribution in [0.2, 0.25) is 5.02 Å². The van der Waals surface area contributed by atoms with Gasteiger partial charge in [0.05, 0.1) is 12.7 Å². The van der Waals surface area contributed by atoms with Crippen molar-refractivity contribution >= 4 is 39.2 Å². The number of amides is 1. The minimum absolute atomic E-state index is 0.0360. The molecule has 0 spiro atoms. The molecule has 0 radical (unpaired) electrons. The van der Waals surface area contributed by atoms with Gasteiger partial charge in [-0.2, -0.15) is 0 Å². The van der Waals surface area contributed by atoms with Gasteiger partial charge in [0.25, 0.3) is 5.91 Å². The zero-order chi connectivity index (χ0) is 22.5. The van der Waals surface area contributed by atoms with Crippen LogP contribution in [0, 0.1) is 6.92 Å². The lowest BCUT2D eigenvalue weighted by Gasteiger charge is -2.14. The van der Waals surface area contributed by atoms with E-state index in [0.717, 1.165) is 11.6 Å². The van der Waals surface area contributed by atoms with Crippen LogP contribution >= 0.6 is 11.6 Å². The molecule has 0 heterocycles. The predicted octanol–water partition coefficient (Wildman–Crippen LogP) is 3.14. The molecule has 0 atom stereocenters. The van der Waals surface area contributed by atoms with Crippen LogP contribution in [0.3, 0.4) is 0 Å². The Kier molecular flexibility index (Phi) is 7.83. The van der Waals surface area contributed by atoms with Crippen molar-refractivity contribution < 1.29 is 27.5 Å². The number of rotatable bonds is 8. The van der Waals surface area contributed by atoms with Gasteiger partial charge in [-0.1, -0.05) is 17.7 Å². The molecule has 2 aromatic rings. The predicted molar refractivity (Wildman–Crippen MR) is 114 cm³/mol. The highest BCUT2D eigenvalue weighted by Gasteiger charge is 2.23. The Balaban J connectivity index is 2.10. The highest BCUT2D eigenvalue weighted by atomic mass is 35.5. The fourth-order valence-electron chi connectivity index (χ4n) is 2.47. The monoisotopic (exact) mass is 454 g/mol. The molecule has 10 heteroatoms. The third kappa shape index (κ3) is 6.19. The number of aryl methyl sites for hydroxylation is 1. The maximum Gasteiger partial charge on any atom is 0.338 e. The van der Waals surface area contributed by atoms with E-state index in [1.807, 2.05) is 6.92 Å². The van der Waals surface area contributed by atoms with Crippen molar-refractivity contribution in [2.75, 3.05) is 19.0 Å². The standard InChI is InChI=1S/C20H23ClN2O6S/c1-12(2)23-30(26,27)18-9-14(6-8-17(18)28-4)20(25)29-11-19(24)22-15-7-5-13(3)16(21)10-15/h5-10,12,23H,11H2,1-4H3,(H,22,24). The molecule has 0 aliphatic heterocycles. The van der Waals surface area contributed by atoms with Gasteiger partial charge in [-0.05, 0) is 56.7 Å². The zero-order valence-corrected chi connectivity index (χ0v) is 18.6. The van der Waals surface area contributed by atoms with Crippen molar-refractivity contribution in [3.63, 3.8) is 0 Å². The summed E-state index contributed by atoms with van der Waals surface area (Å²) in [6, 6.07) is 8.49. The summed E-state index contributed by atoms with van der Waals surface area (Å²) < 4.78 is 37.5. The topological polar surface area (TPSA) is 111 Å². The van der Waals surface area contributed by atoms with Gasteiger partial charge in [0, 0.05) is 16.8 Å². The third-order valence-electron chi connectivity index (χ3n) is 3.87. The van der Waals surface area contributed by atoms with E-state index in [9.17, 15) is 18.0 Å². The molecule has 2 N–H and O–H groups in total. The second-order valence-corrected chi connectivity index (χ2v) is 8.82. The van der Waals surface area contributed by atoms with Crippen LogP contribution in [0.1, 0.15) is 29.8 Å². The first kappa shape index (κ1) is 23.7. The lowest BCUT2D eigenvalue weighted by molar-refractivity contribution is -0.119. The number of nitrogens with one attached hydrogen (secondary N) is 2. The number of benzene rings is 2. The number of carbonyl (C=O) groups excluding carboxylic acids is 2. The van der Waals surface area contributed by atoms with Crippen molar-refractivity contribution in [1.82, 2.24) is 4.72 Å². The quantitative estimate of drug-likeness (QED) is 0.593. The number of esters is 1. The van der Waals surface area contributed by atoms with Crippen molar-refractivity contribution in [3.05, 3.63) is 52.5 Å². The molecule has 2 rings (SSSR count). The molecule has 0 fully saturated rings. The summed E-state index contributed by atoms with van der Waals surface area (Å²) in [7, 11) is -2.59. The van der Waals surface area contributed by atoms with Crippen LogP contribution in [0.15, 0.2) is 41.3 Å². The van der Waals surface area contributed by atoms with Gasteiger partial charge in [-0.25, -0.2) is 17.9 Å². The molecule has 0 saturated heterocycles. The lowest BCUT2D eigenvalue weighted by atomic mass is 10.2. The van der Waals surface area contributed by atoms with Gasteiger partial charge < -0.3 is 14.8 Å². The molecule has 0 bridgehead atoms. The fourth-order valence-corrected chi connectivity index (χ4v) is 4.10. The number of methoxy groups -OCH3 is 1. The zero-order valence-electron chi connectivity index (χ0n) is 17.0. The Labute approximate surface area is 180 Å². The van der Waals surface area contributed by atoms with E-state index in [1.165, 1.54) is 19.2 Å². The normalized spacial score (nSPS) is 11.3. The molecule has 2 aromatic carbocycles. The van der Waals surface area contributed by atoms with Crippen LogP contribution < -0.4 is 14.8 Å². The first-order valence-corrected chi connectivity index (χ1v) is 10.8. The number of ether oxygens (including phenoxy) is 2. The molecule has 0 aromatic heterocycles. The highest BCUT2D eigenvalue weighted by molar-refractivity contribution is 7.89. The van der Waals surface area contributed by atoms with E-state index in [-0.39, 0.29) is 22.3 Å². The fraction of sp³-hybridized carbons (Fsp3) is 0.300. The van der Waals surface area contributed by atoms with Gasteiger partial charge in [-0.15, -0.1) is 0 Å². The smallest absolute Gasteiger partial charge is 0.338 e. The van der Waals surface area contributed by atoms with E-state index in [4.69, 9.17) is 21.1 Å². The summed E-state index contributed by atoms with van der Waals surface area (Å²) in [5.41, 5.74) is 1.29. The van der Waals surface area contributed by atoms with Crippen LogP contribution in [0.4, 0.5) is 5.69 Å². The Morgan fingerprint density at radius 1 is 1.13 bits per heavy atom. The van der Waals surface area contributed by atoms with Crippen molar-refractivity contribution in [2.45, 2.75) is 31.7 Å². The van der Waals surface area contributed by atoms with Gasteiger partial charge in [-0.3, -0.25) is 4.79 Å². The van der Waals surface area contributed by atoms with E-state index >= 15 is 0 Å². The molecule has 8 nitrogen and oxygen atoms in total. The molecule has 0 aliphatic carbocycles. The van der Waals surface area contributed by atoms with Gasteiger partial charge in [0.2, 0.25) is 10.0 Å². The summed E-state index contributed by atoms with van der Waals surface area (Å²) in [5.74, 6) is -1.34. The number of hydrogen-bond donors (Lipinski definition) is 2. The summed E-state index contributed by atoms with van der Waals surface area (Å²) in [5, 5.41) is 3.06. The molecule has 0 unspecified atom stereocenters. The maximum atomic E-state index is 12.5. The first-order chi connectivity index (χ1) is 14.0. The summed E-state index contributed by atoms with van der Waals surface area (Å²) in [6.07, 6.45) is 0. The minimum atomic E-state index is -3.91. The minimum Gasteiger partial charge on any atom is -0.495 e. The van der Waals surface area contributed by atoms with E-state index in [0.29, 0.717) is 10.7 Å². The third-order valence-corrected chi connectivity index (χ3v) is 5.96. The number of anilines is 1. The Morgan fingerprint density at radius 3 is 2.43 bits per heavy atom. The molecular weight excluding hydrogens is 432 g/mol. The molecule has 0 aliphatic rings. The average molecular weight is 455 g/mol. The summed E-state index contributed by atoms with van der Waals surface area (Å²) >= 11 is 6.01. The van der Waals surface area contributed by atoms with Crippen molar-refractivity contribution in [1.29, 1.82) is 0 Å². The first-order valence-electron chi connectivity index (χ1n) is 8.97. The summed E-state index contributed by atoms with van der Waals surface area (Å²) in [4.78, 5) is 24.2.